The molecule has 0 aliphatic carbocycles. The Balaban J connectivity index is 1.53. The van der Waals surface area contributed by atoms with Gasteiger partial charge in [-0.15, -0.1) is 11.3 Å². The quantitative estimate of drug-likeness (QED) is 0.560. The van der Waals surface area contributed by atoms with Crippen LogP contribution in [-0.2, 0) is 11.2 Å². The lowest BCUT2D eigenvalue weighted by Gasteiger charge is -2.06. The van der Waals surface area contributed by atoms with E-state index in [1.54, 1.807) is 24.3 Å². The summed E-state index contributed by atoms with van der Waals surface area (Å²) in [7, 11) is 0. The maximum atomic E-state index is 12.4. The van der Waals surface area contributed by atoms with E-state index in [4.69, 9.17) is 5.73 Å². The number of amides is 2. The molecule has 0 bridgehead atoms. The molecule has 4 rings (SSSR count). The molecule has 0 saturated carbocycles. The number of thiazole rings is 1. The highest BCUT2D eigenvalue weighted by molar-refractivity contribution is 7.15. The van der Waals surface area contributed by atoms with Crippen LogP contribution in [0.15, 0.2) is 66.2 Å². The molecule has 3 N–H and O–H groups in total. The number of nitrogens with one attached hydrogen (secondary N) is 1. The Morgan fingerprint density at radius 3 is 2.70 bits per heavy atom. The molecule has 0 aliphatic heterocycles. The molecule has 4 aromatic rings. The molecule has 2 aromatic heterocycles. The Hall–Kier alpha value is -3.45. The van der Waals surface area contributed by atoms with Crippen molar-refractivity contribution in [2.75, 3.05) is 5.32 Å². The number of hydrogen-bond donors (Lipinski definition) is 2. The molecule has 2 aromatic carbocycles. The summed E-state index contributed by atoms with van der Waals surface area (Å²) in [6.45, 7) is 0. The minimum Gasteiger partial charge on any atom is -0.366 e. The van der Waals surface area contributed by atoms with Crippen LogP contribution in [0.4, 0.5) is 5.69 Å². The second-order valence-corrected chi connectivity index (χ2v) is 6.88. The first-order valence-electron chi connectivity index (χ1n) is 8.31. The van der Waals surface area contributed by atoms with Crippen molar-refractivity contribution in [2.24, 2.45) is 5.73 Å². The van der Waals surface area contributed by atoms with Gasteiger partial charge in [0.15, 0.2) is 4.96 Å². The summed E-state index contributed by atoms with van der Waals surface area (Å²) >= 11 is 1.49. The fourth-order valence-electron chi connectivity index (χ4n) is 2.82. The molecular weight excluding hydrogens is 360 g/mol. The lowest BCUT2D eigenvalue weighted by molar-refractivity contribution is -0.115. The van der Waals surface area contributed by atoms with Gasteiger partial charge in [0.05, 0.1) is 12.1 Å². The van der Waals surface area contributed by atoms with Crippen molar-refractivity contribution in [3.63, 3.8) is 0 Å². The van der Waals surface area contributed by atoms with Crippen molar-refractivity contribution >= 4 is 33.8 Å². The van der Waals surface area contributed by atoms with E-state index < -0.39 is 5.91 Å². The summed E-state index contributed by atoms with van der Waals surface area (Å²) in [5.41, 5.74) is 8.93. The predicted molar refractivity (Wildman–Crippen MR) is 106 cm³/mol. The molecular formula is C20H16N4O2S. The smallest absolute Gasteiger partial charge is 0.248 e. The van der Waals surface area contributed by atoms with Crippen molar-refractivity contribution in [1.82, 2.24) is 9.38 Å². The number of carbonyl (C=O) groups is 2. The lowest BCUT2D eigenvalue weighted by Crippen LogP contribution is -2.16. The van der Waals surface area contributed by atoms with Gasteiger partial charge in [0.2, 0.25) is 11.8 Å². The fourth-order valence-corrected chi connectivity index (χ4v) is 3.70. The van der Waals surface area contributed by atoms with Crippen LogP contribution in [-0.4, -0.2) is 21.2 Å². The van der Waals surface area contributed by atoms with Gasteiger partial charge in [-0.25, -0.2) is 4.98 Å². The standard InChI is InChI=1S/C20H16N4O2S/c21-19(26)14-7-4-8-15(9-14)22-18(25)10-16-12-27-20-23-17(11-24(16)20)13-5-2-1-3-6-13/h1-9,11-12H,10H2,(H2,21,26)(H,22,25). The van der Waals surface area contributed by atoms with Gasteiger partial charge in [0.1, 0.15) is 0 Å². The molecule has 0 saturated heterocycles. The van der Waals surface area contributed by atoms with E-state index in [0.717, 1.165) is 21.9 Å². The van der Waals surface area contributed by atoms with E-state index in [-0.39, 0.29) is 12.3 Å². The average Bonchev–Trinajstić information content (AvgIpc) is 3.25. The Kier molecular flexibility index (Phi) is 4.43. The van der Waals surface area contributed by atoms with Gasteiger partial charge in [-0.1, -0.05) is 36.4 Å². The molecule has 2 amide bonds. The normalized spacial score (nSPS) is 10.8. The van der Waals surface area contributed by atoms with Crippen molar-refractivity contribution in [1.29, 1.82) is 0 Å². The zero-order chi connectivity index (χ0) is 18.8. The summed E-state index contributed by atoms with van der Waals surface area (Å²) < 4.78 is 1.94. The van der Waals surface area contributed by atoms with Crippen LogP contribution < -0.4 is 11.1 Å². The lowest BCUT2D eigenvalue weighted by atomic mass is 10.2. The number of primary amides is 1. The first kappa shape index (κ1) is 17.0. The van der Waals surface area contributed by atoms with E-state index in [1.165, 1.54) is 11.3 Å². The van der Waals surface area contributed by atoms with E-state index in [9.17, 15) is 9.59 Å². The number of benzene rings is 2. The molecule has 2 heterocycles. The van der Waals surface area contributed by atoms with Crippen LogP contribution in [0.5, 0.6) is 0 Å². The summed E-state index contributed by atoms with van der Waals surface area (Å²) in [5.74, 6) is -0.705. The Morgan fingerprint density at radius 2 is 1.93 bits per heavy atom. The molecule has 0 spiro atoms. The zero-order valence-electron chi connectivity index (χ0n) is 14.3. The number of hydrogen-bond acceptors (Lipinski definition) is 4. The maximum absolute atomic E-state index is 12.4. The Labute approximate surface area is 159 Å². The molecule has 0 unspecified atom stereocenters. The Morgan fingerprint density at radius 1 is 1.11 bits per heavy atom. The highest BCUT2D eigenvalue weighted by Crippen LogP contribution is 2.24. The van der Waals surface area contributed by atoms with Crippen LogP contribution in [0.3, 0.4) is 0 Å². The zero-order valence-corrected chi connectivity index (χ0v) is 15.1. The number of fused-ring (bicyclic) bond motifs is 1. The van der Waals surface area contributed by atoms with Crippen LogP contribution in [0.2, 0.25) is 0 Å². The number of anilines is 1. The van der Waals surface area contributed by atoms with E-state index in [1.807, 2.05) is 46.3 Å². The van der Waals surface area contributed by atoms with Gasteiger partial charge < -0.3 is 11.1 Å². The fraction of sp³-hybridized carbons (Fsp3) is 0.0500. The van der Waals surface area contributed by atoms with Crippen molar-refractivity contribution in [2.45, 2.75) is 6.42 Å². The molecule has 6 nitrogen and oxygen atoms in total. The third kappa shape index (κ3) is 3.58. The van der Waals surface area contributed by atoms with Crippen molar-refractivity contribution in [3.05, 3.63) is 77.4 Å². The van der Waals surface area contributed by atoms with Gasteiger partial charge >= 0.3 is 0 Å². The van der Waals surface area contributed by atoms with Crippen molar-refractivity contribution < 1.29 is 9.59 Å². The largest absolute Gasteiger partial charge is 0.366 e. The number of rotatable bonds is 5. The molecule has 0 aliphatic rings. The monoisotopic (exact) mass is 376 g/mol. The molecule has 0 radical (unpaired) electrons. The van der Waals surface area contributed by atoms with Crippen LogP contribution in [0.1, 0.15) is 16.1 Å². The minimum absolute atomic E-state index is 0.175. The average molecular weight is 376 g/mol. The molecule has 0 atom stereocenters. The SMILES string of the molecule is NC(=O)c1cccc(NC(=O)Cc2csc3nc(-c4ccccc4)cn23)c1. The summed E-state index contributed by atoms with van der Waals surface area (Å²) in [6.07, 6.45) is 2.14. The second-order valence-electron chi connectivity index (χ2n) is 6.04. The van der Waals surface area contributed by atoms with Gasteiger partial charge in [0.25, 0.3) is 0 Å². The van der Waals surface area contributed by atoms with Gasteiger partial charge in [0, 0.05) is 34.1 Å². The first-order valence-corrected chi connectivity index (χ1v) is 9.19. The van der Waals surface area contributed by atoms with Crippen LogP contribution in [0, 0.1) is 0 Å². The molecule has 134 valence electrons. The highest BCUT2D eigenvalue weighted by atomic mass is 32.1. The molecule has 7 heteroatoms. The minimum atomic E-state index is -0.530. The predicted octanol–water partition coefficient (Wildman–Crippen LogP) is 3.34. The second kappa shape index (κ2) is 7.05. The topological polar surface area (TPSA) is 89.5 Å². The van der Waals surface area contributed by atoms with Crippen LogP contribution >= 0.6 is 11.3 Å². The number of carbonyl (C=O) groups excluding carboxylic acids is 2. The van der Waals surface area contributed by atoms with E-state index in [2.05, 4.69) is 10.3 Å². The third-order valence-corrected chi connectivity index (χ3v) is 5.01. The van der Waals surface area contributed by atoms with Crippen LogP contribution in [0.25, 0.3) is 16.2 Å². The maximum Gasteiger partial charge on any atom is 0.248 e. The third-order valence-electron chi connectivity index (χ3n) is 4.13. The summed E-state index contributed by atoms with van der Waals surface area (Å²) in [5, 5.41) is 4.73. The van der Waals surface area contributed by atoms with E-state index in [0.29, 0.717) is 11.3 Å². The van der Waals surface area contributed by atoms with E-state index >= 15 is 0 Å². The summed E-state index contributed by atoms with van der Waals surface area (Å²) in [6, 6.07) is 16.5. The first-order chi connectivity index (χ1) is 13.1. The number of nitrogens with two attached hydrogens (primary N) is 1. The van der Waals surface area contributed by atoms with Crippen molar-refractivity contribution in [3.8, 4) is 11.3 Å². The summed E-state index contributed by atoms with van der Waals surface area (Å²) in [4.78, 5) is 29.2. The number of imidazole rings is 1. The number of aromatic nitrogens is 2. The van der Waals surface area contributed by atoms with Gasteiger partial charge in [-0.05, 0) is 18.2 Å². The number of nitrogens with zero attached hydrogens (tertiary/aromatic N) is 2. The highest BCUT2D eigenvalue weighted by Gasteiger charge is 2.13. The molecule has 27 heavy (non-hydrogen) atoms. The Bertz CT molecular complexity index is 1130. The van der Waals surface area contributed by atoms with Gasteiger partial charge in [-0.3, -0.25) is 14.0 Å². The van der Waals surface area contributed by atoms with Gasteiger partial charge in [-0.2, -0.15) is 0 Å². The molecule has 0 fully saturated rings.